The number of fused-ring (bicyclic) bond motifs is 3. The number of hydrogen-bond acceptors (Lipinski definition) is 0. The quantitative estimate of drug-likeness (QED) is 0.123. The molecule has 1 saturated carbocycles. The Hall–Kier alpha value is -4.20. The molecule has 0 aromatic heterocycles. The third-order valence-electron chi connectivity index (χ3n) is 10.2. The molecule has 0 atom stereocenters. The summed E-state index contributed by atoms with van der Waals surface area (Å²) in [6.45, 7) is 21.3. The van der Waals surface area contributed by atoms with Gasteiger partial charge in [-0.2, -0.15) is 67.1 Å². The van der Waals surface area contributed by atoms with Gasteiger partial charge < -0.3 is 0 Å². The summed E-state index contributed by atoms with van der Waals surface area (Å²) in [6.07, 6.45) is 9.85. The molecule has 0 N–H and O–H groups in total. The molecule has 0 heterocycles. The minimum Gasteiger partial charge on any atom is -0.214 e. The molecule has 0 nitrogen and oxygen atoms in total. The molecular weight excluding hydrogens is 815 g/mol. The first-order chi connectivity index (χ1) is 25.5. The van der Waals surface area contributed by atoms with E-state index in [0.717, 1.165) is 5.56 Å². The molecule has 0 unspecified atom stereocenters. The molecule has 1 aliphatic rings. The van der Waals surface area contributed by atoms with Crippen molar-refractivity contribution in [2.45, 2.75) is 90.4 Å². The van der Waals surface area contributed by atoms with E-state index in [1.54, 1.807) is 0 Å². The maximum atomic E-state index is 3.90. The average molecular weight is 874 g/mol. The van der Waals surface area contributed by atoms with Gasteiger partial charge in [-0.05, 0) is 16.4 Å². The van der Waals surface area contributed by atoms with Gasteiger partial charge in [0.1, 0.15) is 0 Å². The van der Waals surface area contributed by atoms with Gasteiger partial charge in [-0.1, -0.05) is 163 Å². The van der Waals surface area contributed by atoms with Crippen molar-refractivity contribution in [2.75, 3.05) is 0 Å². The van der Waals surface area contributed by atoms with Gasteiger partial charge in [0.05, 0.1) is 0 Å². The van der Waals surface area contributed by atoms with E-state index in [1.807, 2.05) is 60.7 Å². The van der Waals surface area contributed by atoms with Crippen LogP contribution in [0.15, 0.2) is 158 Å². The molecular formula is C53H58Hf. The second kappa shape index (κ2) is 19.9. The monoisotopic (exact) mass is 874 g/mol. The minimum atomic E-state index is 0. The van der Waals surface area contributed by atoms with Crippen molar-refractivity contribution in [3.05, 3.63) is 199 Å². The maximum Gasteiger partial charge on any atom is 4.00 e. The first-order valence-corrected chi connectivity index (χ1v) is 19.3. The number of rotatable bonds is 3. The van der Waals surface area contributed by atoms with Crippen molar-refractivity contribution in [3.63, 3.8) is 0 Å². The van der Waals surface area contributed by atoms with Crippen LogP contribution in [-0.2, 0) is 36.7 Å². The van der Waals surface area contributed by atoms with E-state index < -0.39 is 0 Å². The van der Waals surface area contributed by atoms with Crippen LogP contribution < -0.4 is 0 Å². The summed E-state index contributed by atoms with van der Waals surface area (Å²) < 4.78 is 0. The van der Waals surface area contributed by atoms with Gasteiger partial charge >= 0.3 is 25.8 Å². The fourth-order valence-corrected chi connectivity index (χ4v) is 7.17. The summed E-state index contributed by atoms with van der Waals surface area (Å²) in [7, 11) is 0. The maximum absolute atomic E-state index is 3.90. The predicted molar refractivity (Wildman–Crippen MR) is 233 cm³/mol. The zero-order valence-corrected chi connectivity index (χ0v) is 37.1. The molecule has 1 heteroatoms. The summed E-state index contributed by atoms with van der Waals surface area (Å²) in [5.41, 5.74) is 9.62. The van der Waals surface area contributed by atoms with Crippen molar-refractivity contribution in [1.82, 2.24) is 0 Å². The summed E-state index contributed by atoms with van der Waals surface area (Å²) in [5.74, 6) is 0.671. The average Bonchev–Trinajstić information content (AvgIpc) is 3.87. The van der Waals surface area contributed by atoms with Crippen molar-refractivity contribution in [2.24, 2.45) is 0 Å². The Morgan fingerprint density at radius 1 is 0.611 bits per heavy atom. The normalized spacial score (nSPS) is 12.9. The second-order valence-corrected chi connectivity index (χ2v) is 16.3. The molecule has 0 amide bonds. The molecule has 0 radical (unpaired) electrons. The molecule has 1 fully saturated rings. The van der Waals surface area contributed by atoms with Gasteiger partial charge in [0.2, 0.25) is 0 Å². The van der Waals surface area contributed by atoms with Crippen LogP contribution in [0, 0.1) is 13.0 Å². The second-order valence-electron chi connectivity index (χ2n) is 16.3. The van der Waals surface area contributed by atoms with E-state index >= 15 is 0 Å². The van der Waals surface area contributed by atoms with Crippen molar-refractivity contribution in [1.29, 1.82) is 0 Å². The molecule has 274 valence electrons. The third kappa shape index (κ3) is 11.6. The van der Waals surface area contributed by atoms with Gasteiger partial charge in [-0.15, -0.1) is 63.5 Å². The predicted octanol–water partition coefficient (Wildman–Crippen LogP) is 15.3. The van der Waals surface area contributed by atoms with Gasteiger partial charge in [-0.3, -0.25) is 0 Å². The molecule has 0 bridgehead atoms. The first-order valence-electron chi connectivity index (χ1n) is 19.3. The van der Waals surface area contributed by atoms with Crippen LogP contribution in [0.25, 0.3) is 32.7 Å². The third-order valence-corrected chi connectivity index (χ3v) is 10.2. The number of hydrogen-bond donors (Lipinski definition) is 0. The van der Waals surface area contributed by atoms with Gasteiger partial charge in [0, 0.05) is 0 Å². The van der Waals surface area contributed by atoms with Gasteiger partial charge in [0.15, 0.2) is 0 Å². The van der Waals surface area contributed by atoms with Crippen LogP contribution in [0.1, 0.15) is 107 Å². The van der Waals surface area contributed by atoms with E-state index in [0.29, 0.717) is 5.92 Å². The Bertz CT molecular complexity index is 2040. The Morgan fingerprint density at radius 2 is 1.13 bits per heavy atom. The van der Waals surface area contributed by atoms with Crippen LogP contribution in [0.2, 0.25) is 0 Å². The SMILES string of the molecule is C=[C-]c1cccc(-c2ccccc2)c1C1CCCCC1.CC(C)(C)c1ccc2c(c1)[cH-]c1cc(C(C)(C)C)ccc12.[CH2-]c1ccccc1.[Hf+4].c1cc[cH-]c1. The molecule has 7 aromatic rings. The van der Waals surface area contributed by atoms with E-state index in [9.17, 15) is 0 Å². The smallest absolute Gasteiger partial charge is 0.214 e. The topological polar surface area (TPSA) is 0 Å². The summed E-state index contributed by atoms with van der Waals surface area (Å²) >= 11 is 0. The van der Waals surface area contributed by atoms with Crippen LogP contribution in [0.3, 0.4) is 0 Å². The largest absolute Gasteiger partial charge is 4.00 e. The fraction of sp³-hybridized carbons (Fsp3) is 0.264. The molecule has 0 spiro atoms. The van der Waals surface area contributed by atoms with Crippen LogP contribution in [0.5, 0.6) is 0 Å². The Balaban J connectivity index is 0.000000182. The van der Waals surface area contributed by atoms with Crippen LogP contribution in [0.4, 0.5) is 0 Å². The van der Waals surface area contributed by atoms with Crippen LogP contribution >= 0.6 is 0 Å². The summed E-state index contributed by atoms with van der Waals surface area (Å²) in [5, 5.41) is 5.48. The summed E-state index contributed by atoms with van der Waals surface area (Å²) in [6, 6.07) is 53.3. The molecule has 0 saturated heterocycles. The number of benzene rings is 5. The van der Waals surface area contributed by atoms with Crippen molar-refractivity contribution >= 4 is 21.5 Å². The molecule has 8 rings (SSSR count). The van der Waals surface area contributed by atoms with E-state index in [4.69, 9.17) is 0 Å². The molecule has 7 aromatic carbocycles. The molecule has 1 aliphatic carbocycles. The van der Waals surface area contributed by atoms with Gasteiger partial charge in [-0.25, -0.2) is 12.1 Å². The van der Waals surface area contributed by atoms with E-state index in [1.165, 1.54) is 87.0 Å². The zero-order chi connectivity index (χ0) is 37.8. The van der Waals surface area contributed by atoms with Crippen molar-refractivity contribution in [3.8, 4) is 11.1 Å². The Labute approximate surface area is 345 Å². The van der Waals surface area contributed by atoms with E-state index in [-0.39, 0.29) is 36.7 Å². The standard InChI is InChI=1S/C21H25.C20H21.C7H7.C5H5.Hf/c1-20(2,3)16-7-9-18-14(12-16)11-15-13-17(21(4,5)6)8-10-19(15)18;1-2-16-14-9-15-19(17-10-5-3-6-11-17)20(16)18-12-7-4-8-13-18;1-7-5-3-2-4-6-7;1-2-4-5-3-1;/h7-13H,1-6H3;3,5-6,9-11,14-15,18H,1,4,7-8,12-13H2;2-6H,1H2;1-5H;/q4*-1;+4. The summed E-state index contributed by atoms with van der Waals surface area (Å²) in [4.78, 5) is 0. The van der Waals surface area contributed by atoms with Crippen molar-refractivity contribution < 1.29 is 25.8 Å². The van der Waals surface area contributed by atoms with E-state index in [2.05, 4.69) is 152 Å². The molecule has 54 heavy (non-hydrogen) atoms. The Morgan fingerprint density at radius 3 is 1.56 bits per heavy atom. The zero-order valence-electron chi connectivity index (χ0n) is 33.5. The fourth-order valence-electron chi connectivity index (χ4n) is 7.17. The van der Waals surface area contributed by atoms with Crippen LogP contribution in [-0.4, -0.2) is 0 Å². The minimum absolute atomic E-state index is 0. The Kier molecular flexibility index (Phi) is 15.7. The van der Waals surface area contributed by atoms with Gasteiger partial charge in [0.25, 0.3) is 0 Å². The molecule has 0 aliphatic heterocycles. The first kappa shape index (κ1) is 42.5.